The number of benzene rings is 7. The molecular formula is C87H98Cl2N10O28. The molecule has 22 N–H and O–H groups in total. The van der Waals surface area contributed by atoms with Gasteiger partial charge in [0.15, 0.2) is 29.1 Å². The number of nitrogens with one attached hydrogen (secondary N) is 10. The molecule has 2 fully saturated rings. The minimum Gasteiger partial charge on any atom is -0.508 e. The Hall–Kier alpha value is -11.9. The van der Waals surface area contributed by atoms with Gasteiger partial charge >= 0.3 is 5.97 Å². The number of unbranched alkanes of at least 4 members (excludes halogenated alkanes) is 8. The molecule has 7 aromatic rings. The highest BCUT2D eigenvalue weighted by Crippen LogP contribution is 2.51. The molecule has 127 heavy (non-hydrogen) atoms. The molecule has 8 heterocycles. The van der Waals surface area contributed by atoms with Gasteiger partial charge in [0, 0.05) is 48.2 Å². The predicted molar refractivity (Wildman–Crippen MR) is 448 cm³/mol. The number of amides is 8. The van der Waals surface area contributed by atoms with Crippen LogP contribution in [0.15, 0.2) is 115 Å². The second kappa shape index (κ2) is 40.8. The normalized spacial score (nSPS) is 25.9. The van der Waals surface area contributed by atoms with Crippen LogP contribution in [0.1, 0.15) is 153 Å². The van der Waals surface area contributed by atoms with Crippen molar-refractivity contribution in [2.75, 3.05) is 33.8 Å². The molecule has 40 heteroatoms. The van der Waals surface area contributed by atoms with Crippen molar-refractivity contribution in [1.29, 1.82) is 0 Å². The highest BCUT2D eigenvalue weighted by atomic mass is 35.5. The van der Waals surface area contributed by atoms with E-state index in [0.717, 1.165) is 118 Å². The summed E-state index contributed by atoms with van der Waals surface area (Å²) in [6, 6.07) is 5.66. The second-order valence-corrected chi connectivity index (χ2v) is 32.3. The van der Waals surface area contributed by atoms with Crippen LogP contribution in [-0.4, -0.2) is 222 Å². The molecule has 0 aliphatic carbocycles. The summed E-state index contributed by atoms with van der Waals surface area (Å²) in [6.07, 6.45) is -13.5. The van der Waals surface area contributed by atoms with E-state index in [1.807, 2.05) is 0 Å². The van der Waals surface area contributed by atoms with Crippen molar-refractivity contribution in [1.82, 2.24) is 53.2 Å². The fraction of sp³-hybridized carbons (Fsp3) is 0.414. The van der Waals surface area contributed by atoms with Crippen molar-refractivity contribution in [3.8, 4) is 80.1 Å². The molecule has 0 unspecified atom stereocenters. The maximum atomic E-state index is 16.8. The van der Waals surface area contributed by atoms with Crippen LogP contribution < -0.4 is 76.9 Å². The number of ether oxygens (including phenoxy) is 7. The lowest BCUT2D eigenvalue weighted by Crippen LogP contribution is -2.66. The minimum atomic E-state index is -2.45. The maximum Gasteiger partial charge on any atom is 0.335 e. The summed E-state index contributed by atoms with van der Waals surface area (Å²) >= 11 is 14.3. The van der Waals surface area contributed by atoms with Gasteiger partial charge in [-0.1, -0.05) is 112 Å². The number of aliphatic hydroxyl groups excluding tert-OH is 7. The Labute approximate surface area is 735 Å². The Morgan fingerprint density at radius 1 is 0.528 bits per heavy atom. The van der Waals surface area contributed by atoms with E-state index in [-0.39, 0.29) is 47.8 Å². The molecule has 38 nitrogen and oxygen atoms in total. The standard InChI is InChI=1S/C87H98Cl2N10O28/c1-4-5-6-7-8-9-10-11-12-14-60(105)94-69-72(108)74(110)77(85(119)120)127-86(69)126-76-57-31-42-32-58(76)123-54-24-19-41(29-49(54)88)70(106)68-84(118)98-66(79(113)92-26-13-25-90-2)47-33-43(101)34-56(124-87-75(111)73(109)71(107)59(37-100)125-87)61(47)46-28-39(17-22-51(46)102)64(81(115)99-68)95-82(116)65(42)96-83(117)67-48-35-45(36-53(104)62(48)89)122-55-30-40(18-23-52(55)103)63(91-3)80(114)93-50(78(112)97-67)27-38-15-20-44(121-57)21-16-38/h15-24,28-36,50,59,63-75,77,86-87,90-91,100-104,106-111H,4-14,25-27,37H2,1-3H3,(H,92,113)(H,93,114)(H,94,105)(H,95,116)(H,96,117)(H,97,112)(H,98,118)(H,99,115)(H,119,120)/t50-,59-,63-,64+,65-,66+,67-,68+,69-,70-,71+,72-,73+,74+,75+,77-,86-,87-/m1/s1. The van der Waals surface area contributed by atoms with Crippen LogP contribution in [-0.2, 0) is 59.0 Å². The van der Waals surface area contributed by atoms with Gasteiger partial charge in [-0.3, -0.25) is 38.4 Å². The highest BCUT2D eigenvalue weighted by Gasteiger charge is 2.52. The van der Waals surface area contributed by atoms with Crippen LogP contribution in [0, 0.1) is 0 Å². The van der Waals surface area contributed by atoms with Gasteiger partial charge in [0.05, 0.1) is 16.7 Å². The first-order chi connectivity index (χ1) is 60.8. The lowest BCUT2D eigenvalue weighted by molar-refractivity contribution is -0.277. The summed E-state index contributed by atoms with van der Waals surface area (Å²) in [4.78, 5) is 138. The van der Waals surface area contributed by atoms with Gasteiger partial charge in [0.2, 0.25) is 65.6 Å². The lowest BCUT2D eigenvalue weighted by Gasteiger charge is -2.41. The van der Waals surface area contributed by atoms with Crippen molar-refractivity contribution in [2.45, 2.75) is 194 Å². The third-order valence-corrected chi connectivity index (χ3v) is 23.3. The summed E-state index contributed by atoms with van der Waals surface area (Å²) in [5.74, 6) is -18.0. The molecule has 678 valence electrons. The largest absolute Gasteiger partial charge is 0.508 e. The number of phenolic OH excluding ortho intramolecular Hbond substituents is 4. The van der Waals surface area contributed by atoms with Crippen molar-refractivity contribution in [3.05, 3.63) is 164 Å². The van der Waals surface area contributed by atoms with Gasteiger partial charge in [0.1, 0.15) is 131 Å². The van der Waals surface area contributed by atoms with E-state index < -0.39 is 271 Å². The summed E-state index contributed by atoms with van der Waals surface area (Å²) in [5, 5.41) is 164. The number of carbonyl (C=O) groups is 9. The molecule has 7 aromatic carbocycles. The summed E-state index contributed by atoms with van der Waals surface area (Å²) < 4.78 is 44.4. The van der Waals surface area contributed by atoms with Gasteiger partial charge in [0.25, 0.3) is 0 Å². The first-order valence-corrected chi connectivity index (χ1v) is 42.0. The Kier molecular flexibility index (Phi) is 29.8. The molecule has 17 bridgehead atoms. The van der Waals surface area contributed by atoms with Crippen LogP contribution in [0.2, 0.25) is 10.0 Å². The number of carboxylic acid groups (broad SMARTS) is 1. The number of fused-ring (bicyclic) bond motifs is 14. The molecular weight excluding hydrogens is 1700 g/mol. The molecule has 0 radical (unpaired) electrons. The number of rotatable bonds is 23. The number of likely N-dealkylation sites (N-methyl/N-ethyl adjacent to an activating group) is 1. The molecule has 0 aromatic heterocycles. The van der Waals surface area contributed by atoms with Gasteiger partial charge in [-0.25, -0.2) is 4.79 Å². The molecule has 18 atom stereocenters. The first-order valence-electron chi connectivity index (χ1n) is 41.3. The van der Waals surface area contributed by atoms with E-state index in [4.69, 9.17) is 56.4 Å². The number of hydrogen-bond acceptors (Lipinski definition) is 29. The summed E-state index contributed by atoms with van der Waals surface area (Å²) in [7, 11) is 3.07. The van der Waals surface area contributed by atoms with E-state index in [1.165, 1.54) is 49.5 Å². The van der Waals surface area contributed by atoms with Crippen molar-refractivity contribution >= 4 is 76.4 Å². The Morgan fingerprint density at radius 2 is 1.17 bits per heavy atom. The number of hydrogen-bond donors (Lipinski definition) is 22. The fourth-order valence-corrected chi connectivity index (χ4v) is 16.3. The van der Waals surface area contributed by atoms with Gasteiger partial charge in [-0.2, -0.15) is 0 Å². The van der Waals surface area contributed by atoms with Crippen LogP contribution in [0.4, 0.5) is 0 Å². The maximum absolute atomic E-state index is 16.8. The number of carboxylic acids is 1. The Bertz CT molecular complexity index is 5280. The van der Waals surface area contributed by atoms with Crippen LogP contribution in [0.5, 0.6) is 69.0 Å². The van der Waals surface area contributed by atoms with E-state index in [1.54, 1.807) is 7.05 Å². The first kappa shape index (κ1) is 92.8. The fourth-order valence-electron chi connectivity index (χ4n) is 15.8. The molecule has 0 spiro atoms. The lowest BCUT2D eigenvalue weighted by atomic mass is 9.89. The zero-order valence-electron chi connectivity index (χ0n) is 68.6. The monoisotopic (exact) mass is 1800 g/mol. The average Bonchev–Trinajstić information content (AvgIpc) is 0.758. The van der Waals surface area contributed by atoms with Crippen molar-refractivity contribution in [2.24, 2.45) is 0 Å². The van der Waals surface area contributed by atoms with Gasteiger partial charge in [-0.05, 0) is 140 Å². The third-order valence-electron chi connectivity index (χ3n) is 22.6. The second-order valence-electron chi connectivity index (χ2n) is 31.5. The summed E-state index contributed by atoms with van der Waals surface area (Å²) in [6.45, 7) is 1.38. The number of halogens is 2. The van der Waals surface area contributed by atoms with Crippen molar-refractivity contribution < 1.29 is 138 Å². The topological polar surface area (TPSA) is 581 Å². The highest BCUT2D eigenvalue weighted by molar-refractivity contribution is 6.33. The Balaban J connectivity index is 1.04. The Morgan fingerprint density at radius 3 is 1.87 bits per heavy atom. The van der Waals surface area contributed by atoms with E-state index in [0.29, 0.717) is 24.9 Å². The number of aliphatic hydroxyl groups is 7. The molecule has 8 amide bonds. The third kappa shape index (κ3) is 20.9. The minimum absolute atomic E-state index is 0.105. The molecule has 0 saturated carbocycles. The number of carbonyl (C=O) groups excluding carboxylic acids is 8. The quantitative estimate of drug-likeness (QED) is 0.0403. The average molecular weight is 1800 g/mol. The van der Waals surface area contributed by atoms with Crippen LogP contribution >= 0.6 is 23.2 Å². The number of aromatic hydroxyl groups is 4. The zero-order valence-corrected chi connectivity index (χ0v) is 70.1. The zero-order chi connectivity index (χ0) is 90.9. The van der Waals surface area contributed by atoms with Crippen LogP contribution in [0.3, 0.4) is 0 Å². The summed E-state index contributed by atoms with van der Waals surface area (Å²) in [5.41, 5.74) is -2.68. The van der Waals surface area contributed by atoms with Gasteiger partial charge in [-0.15, -0.1) is 0 Å². The van der Waals surface area contributed by atoms with E-state index >= 15 is 28.8 Å². The van der Waals surface area contributed by atoms with Crippen molar-refractivity contribution in [3.63, 3.8) is 0 Å². The molecule has 8 aliphatic rings. The van der Waals surface area contributed by atoms with E-state index in [9.17, 15) is 75.7 Å². The number of aliphatic carboxylic acids is 1. The van der Waals surface area contributed by atoms with Crippen LogP contribution in [0.25, 0.3) is 11.1 Å². The molecule has 2 saturated heterocycles. The smallest absolute Gasteiger partial charge is 0.335 e. The molecule has 15 rings (SSSR count). The van der Waals surface area contributed by atoms with E-state index in [2.05, 4.69) is 60.1 Å². The van der Waals surface area contributed by atoms with Gasteiger partial charge < -0.3 is 148 Å². The SMILES string of the molecule is CCCCCCCCCCCC(=O)N[C@H]1[C@H](Oc2c3cc4cc2Oc2ccc(cc2Cl)[C@@H](O)[C@@H]2NC(=O)[C@@H](NC(=O)[C@@H]4NC(=O)[C@@H]4NC(=O)[C@@H](Cc5ccc(cc5)O3)NC(=O)[C@H](NC)c3ccc(O)c(c3)Oc3cc(O)c(Cl)c4c3)c3ccc(O)c(c3)-c3c(O[C@@H]4O[C@H](CO)[C@H](O)[C@H](O)[C@@H]4O)cc(O)cc3[C@@H](C(=O)NCCCNC)NC2=O)O[C@@H](C(=O)O)[C@@H](O)[C@@H]1O. The predicted octanol–water partition coefficient (Wildman–Crippen LogP) is 3.97. The number of phenols is 4. The molecule has 8 aliphatic heterocycles.